The third-order valence-electron chi connectivity index (χ3n) is 4.43. The van der Waals surface area contributed by atoms with Gasteiger partial charge in [0.2, 0.25) is 0 Å². The first-order chi connectivity index (χ1) is 12.2. The van der Waals surface area contributed by atoms with Crippen molar-refractivity contribution in [3.63, 3.8) is 0 Å². The second kappa shape index (κ2) is 6.06. The first-order valence-corrected chi connectivity index (χ1v) is 8.25. The maximum absolute atomic E-state index is 13.3. The maximum atomic E-state index is 13.3. The Hall–Kier alpha value is -3.14. The van der Waals surface area contributed by atoms with E-state index >= 15 is 0 Å². The lowest BCUT2D eigenvalue weighted by molar-refractivity contribution is 0.102. The van der Waals surface area contributed by atoms with E-state index in [-0.39, 0.29) is 5.91 Å². The number of amides is 1. The van der Waals surface area contributed by atoms with Crippen LogP contribution in [0.25, 0.3) is 21.8 Å². The van der Waals surface area contributed by atoms with Gasteiger partial charge in [-0.2, -0.15) is 0 Å². The van der Waals surface area contributed by atoms with Crippen molar-refractivity contribution in [3.05, 3.63) is 78.1 Å². The number of hydrogen-bond donors (Lipinski definition) is 1. The van der Waals surface area contributed by atoms with Gasteiger partial charge in [0.25, 0.3) is 5.91 Å². The molecule has 0 fully saturated rings. The molecule has 1 N–H and O–H groups in total. The smallest absolute Gasteiger partial charge is 0.255 e. The molecular weight excluding hydrogens is 315 g/mol. The number of aryl methyl sites for hydroxylation is 1. The van der Waals surface area contributed by atoms with Gasteiger partial charge in [-0.3, -0.25) is 4.79 Å². The van der Waals surface area contributed by atoms with E-state index in [0.29, 0.717) is 11.3 Å². The Morgan fingerprint density at radius 1 is 0.960 bits per heavy atom. The molecule has 1 heterocycles. The zero-order valence-electron chi connectivity index (χ0n) is 13.8. The van der Waals surface area contributed by atoms with Gasteiger partial charge >= 0.3 is 0 Å². The lowest BCUT2D eigenvalue weighted by atomic mass is 10.1. The van der Waals surface area contributed by atoms with Crippen LogP contribution in [0.5, 0.6) is 0 Å². The molecule has 0 aliphatic carbocycles. The van der Waals surface area contributed by atoms with Crippen LogP contribution in [0.1, 0.15) is 17.3 Å². The van der Waals surface area contributed by atoms with Crippen LogP contribution in [-0.4, -0.2) is 10.5 Å². The van der Waals surface area contributed by atoms with E-state index < -0.39 is 5.82 Å². The molecule has 0 radical (unpaired) electrons. The predicted octanol–water partition coefficient (Wildman–Crippen LogP) is 5.21. The summed E-state index contributed by atoms with van der Waals surface area (Å²) in [4.78, 5) is 12.3. The molecule has 3 nitrogen and oxygen atoms in total. The van der Waals surface area contributed by atoms with Gasteiger partial charge in [0, 0.05) is 39.6 Å². The average molecular weight is 332 g/mol. The number of fused-ring (bicyclic) bond motifs is 3. The Labute approximate surface area is 144 Å². The second-order valence-corrected chi connectivity index (χ2v) is 5.96. The Morgan fingerprint density at radius 2 is 1.76 bits per heavy atom. The van der Waals surface area contributed by atoms with Crippen LogP contribution < -0.4 is 5.32 Å². The fourth-order valence-electron chi connectivity index (χ4n) is 3.31. The SMILES string of the molecule is CCn1c2ccccc2c2cc(NC(=O)c3cccc(F)c3)ccc21. The Morgan fingerprint density at radius 3 is 2.56 bits per heavy atom. The molecule has 4 heteroatoms. The zero-order chi connectivity index (χ0) is 17.4. The van der Waals surface area contributed by atoms with E-state index in [4.69, 9.17) is 0 Å². The molecule has 0 saturated carbocycles. The van der Waals surface area contributed by atoms with E-state index in [2.05, 4.69) is 28.9 Å². The van der Waals surface area contributed by atoms with Crippen LogP contribution in [0.2, 0.25) is 0 Å². The maximum Gasteiger partial charge on any atom is 0.255 e. The monoisotopic (exact) mass is 332 g/mol. The lowest BCUT2D eigenvalue weighted by Crippen LogP contribution is -2.11. The molecule has 0 atom stereocenters. The summed E-state index contributed by atoms with van der Waals surface area (Å²) < 4.78 is 15.6. The first kappa shape index (κ1) is 15.4. The number of anilines is 1. The number of benzene rings is 3. The first-order valence-electron chi connectivity index (χ1n) is 8.25. The standard InChI is InChI=1S/C21H17FN2O/c1-2-24-19-9-4-3-8-17(19)18-13-16(10-11-20(18)24)23-21(25)14-6-5-7-15(22)12-14/h3-13H,2H2,1H3,(H,23,25). The summed E-state index contributed by atoms with van der Waals surface area (Å²) in [7, 11) is 0. The van der Waals surface area contributed by atoms with Gasteiger partial charge in [0.05, 0.1) is 0 Å². The van der Waals surface area contributed by atoms with Crippen molar-refractivity contribution in [2.75, 3.05) is 5.32 Å². The number of aromatic nitrogens is 1. The van der Waals surface area contributed by atoms with Crippen molar-refractivity contribution < 1.29 is 9.18 Å². The summed E-state index contributed by atoms with van der Waals surface area (Å²) in [5.74, 6) is -0.743. The molecule has 0 aliphatic rings. The van der Waals surface area contributed by atoms with Crippen LogP contribution in [0.4, 0.5) is 10.1 Å². The fraction of sp³-hybridized carbons (Fsp3) is 0.0952. The van der Waals surface area contributed by atoms with E-state index in [1.54, 1.807) is 6.07 Å². The number of nitrogens with one attached hydrogen (secondary N) is 1. The third kappa shape index (κ3) is 2.66. The molecule has 0 aliphatic heterocycles. The van der Waals surface area contributed by atoms with Crippen molar-refractivity contribution in [2.24, 2.45) is 0 Å². The third-order valence-corrected chi connectivity index (χ3v) is 4.43. The minimum Gasteiger partial charge on any atom is -0.341 e. The summed E-state index contributed by atoms with van der Waals surface area (Å²) >= 11 is 0. The normalized spacial score (nSPS) is 11.1. The predicted molar refractivity (Wildman–Crippen MR) is 99.5 cm³/mol. The molecule has 124 valence electrons. The summed E-state index contributed by atoms with van der Waals surface area (Å²) in [6, 6.07) is 19.8. The molecule has 4 aromatic rings. The molecule has 0 spiro atoms. The molecule has 3 aromatic carbocycles. The van der Waals surface area contributed by atoms with Crippen molar-refractivity contribution in [2.45, 2.75) is 13.5 Å². The molecule has 1 amide bonds. The number of para-hydroxylation sites is 1. The second-order valence-electron chi connectivity index (χ2n) is 5.96. The van der Waals surface area contributed by atoms with Crippen LogP contribution >= 0.6 is 0 Å². The summed E-state index contributed by atoms with van der Waals surface area (Å²) in [5.41, 5.74) is 3.30. The molecule has 1 aromatic heterocycles. The van der Waals surface area contributed by atoms with Gasteiger partial charge in [0.1, 0.15) is 5.82 Å². The Balaban J connectivity index is 1.76. The minimum atomic E-state index is -0.422. The number of rotatable bonds is 3. The fourth-order valence-corrected chi connectivity index (χ4v) is 3.31. The van der Waals surface area contributed by atoms with E-state index in [1.807, 2.05) is 30.3 Å². The number of nitrogens with zero attached hydrogens (tertiary/aromatic N) is 1. The Bertz CT molecular complexity index is 1100. The van der Waals surface area contributed by atoms with Crippen molar-refractivity contribution in [1.29, 1.82) is 0 Å². The minimum absolute atomic E-state index is 0.302. The zero-order valence-corrected chi connectivity index (χ0v) is 13.8. The summed E-state index contributed by atoms with van der Waals surface area (Å²) in [6.45, 7) is 2.99. The quantitative estimate of drug-likeness (QED) is 0.549. The van der Waals surface area contributed by atoms with Crippen molar-refractivity contribution >= 4 is 33.4 Å². The number of hydrogen-bond acceptors (Lipinski definition) is 1. The van der Waals surface area contributed by atoms with E-state index in [1.165, 1.54) is 23.7 Å². The van der Waals surface area contributed by atoms with Crippen LogP contribution in [-0.2, 0) is 6.54 Å². The van der Waals surface area contributed by atoms with Crippen molar-refractivity contribution in [3.8, 4) is 0 Å². The highest BCUT2D eigenvalue weighted by Crippen LogP contribution is 2.31. The molecule has 0 unspecified atom stereocenters. The summed E-state index contributed by atoms with van der Waals surface area (Å²) in [5, 5.41) is 5.10. The van der Waals surface area contributed by atoms with Crippen LogP contribution in [0, 0.1) is 5.82 Å². The van der Waals surface area contributed by atoms with E-state index in [9.17, 15) is 9.18 Å². The van der Waals surface area contributed by atoms with Crippen molar-refractivity contribution in [1.82, 2.24) is 4.57 Å². The van der Waals surface area contributed by atoms with Gasteiger partial charge in [-0.1, -0.05) is 24.3 Å². The molecule has 25 heavy (non-hydrogen) atoms. The highest BCUT2D eigenvalue weighted by molar-refractivity contribution is 6.11. The number of halogens is 1. The molecular formula is C21H17FN2O. The van der Waals surface area contributed by atoms with Gasteiger partial charge in [-0.15, -0.1) is 0 Å². The van der Waals surface area contributed by atoms with Gasteiger partial charge in [0.15, 0.2) is 0 Å². The highest BCUT2D eigenvalue weighted by atomic mass is 19.1. The summed E-state index contributed by atoms with van der Waals surface area (Å²) in [6.07, 6.45) is 0. The van der Waals surface area contributed by atoms with Gasteiger partial charge in [-0.05, 0) is 49.4 Å². The topological polar surface area (TPSA) is 34.0 Å². The largest absolute Gasteiger partial charge is 0.341 e. The lowest BCUT2D eigenvalue weighted by Gasteiger charge is -2.07. The van der Waals surface area contributed by atoms with E-state index in [0.717, 1.165) is 22.8 Å². The van der Waals surface area contributed by atoms with Gasteiger partial charge < -0.3 is 9.88 Å². The molecule has 0 bridgehead atoms. The van der Waals surface area contributed by atoms with Crippen LogP contribution in [0.15, 0.2) is 66.7 Å². The van der Waals surface area contributed by atoms with Crippen LogP contribution in [0.3, 0.4) is 0 Å². The Kier molecular flexibility index (Phi) is 3.73. The highest BCUT2D eigenvalue weighted by Gasteiger charge is 2.11. The number of carbonyl (C=O) groups is 1. The van der Waals surface area contributed by atoms with Gasteiger partial charge in [-0.25, -0.2) is 4.39 Å². The average Bonchev–Trinajstić information content (AvgIpc) is 2.95. The molecule has 4 rings (SSSR count). The number of carbonyl (C=O) groups excluding carboxylic acids is 1. The molecule has 0 saturated heterocycles.